The lowest BCUT2D eigenvalue weighted by atomic mass is 10.4. The molecular formula is C20H48N4O4P2S. The van der Waals surface area contributed by atoms with Crippen LogP contribution in [-0.4, -0.2) is 77.4 Å². The van der Waals surface area contributed by atoms with Crippen LogP contribution in [0.3, 0.4) is 0 Å². The summed E-state index contributed by atoms with van der Waals surface area (Å²) in [6.07, 6.45) is 0. The minimum absolute atomic E-state index is 0.145. The van der Waals surface area contributed by atoms with E-state index in [1.54, 1.807) is 0 Å². The van der Waals surface area contributed by atoms with E-state index in [1.165, 1.54) is 0 Å². The van der Waals surface area contributed by atoms with E-state index in [0.717, 1.165) is 0 Å². The minimum Gasteiger partial charge on any atom is -0.244 e. The molecule has 0 aliphatic heterocycles. The molecule has 0 aromatic rings. The van der Waals surface area contributed by atoms with Gasteiger partial charge in [-0.3, -0.25) is 0 Å². The lowest BCUT2D eigenvalue weighted by Crippen LogP contribution is -2.39. The number of nitrogens with zero attached hydrogens (tertiary/aromatic N) is 4. The van der Waals surface area contributed by atoms with Gasteiger partial charge >= 0.3 is 10.4 Å². The summed E-state index contributed by atoms with van der Waals surface area (Å²) in [7, 11) is -7.32. The van der Waals surface area contributed by atoms with Gasteiger partial charge in [-0.15, -0.1) is 0 Å². The average Bonchev–Trinajstić information content (AvgIpc) is 2.61. The number of rotatable bonds is 16. The van der Waals surface area contributed by atoms with Gasteiger partial charge in [-0.05, 0) is 55.4 Å². The molecule has 0 aromatic carbocycles. The zero-order valence-corrected chi connectivity index (χ0v) is 24.5. The Kier molecular flexibility index (Phi) is 15.0. The Morgan fingerprint density at radius 1 is 0.548 bits per heavy atom. The number of hydrogen-bond acceptors (Lipinski definition) is 8. The van der Waals surface area contributed by atoms with E-state index in [4.69, 9.17) is 7.94 Å². The first-order chi connectivity index (χ1) is 14.3. The average molecular weight is 503 g/mol. The first-order valence-electron chi connectivity index (χ1n) is 11.6. The summed E-state index contributed by atoms with van der Waals surface area (Å²) in [6.45, 7) is 27.4. The lowest BCUT2D eigenvalue weighted by molar-refractivity contribution is 0.263. The SMILES string of the molecule is CCN(C(C)C)P(OS(=O)(=O)OP(N(CC)C(C)C)N(CC)C(C)C)N(CC)C(C)C. The van der Waals surface area contributed by atoms with Gasteiger partial charge in [0.15, 0.2) is 0 Å². The number of hydrogen-bond donors (Lipinski definition) is 0. The minimum atomic E-state index is -4.24. The van der Waals surface area contributed by atoms with Gasteiger partial charge in [-0.1, -0.05) is 27.7 Å². The van der Waals surface area contributed by atoms with Crippen molar-refractivity contribution in [2.75, 3.05) is 26.2 Å². The first kappa shape index (κ1) is 31.6. The molecule has 0 unspecified atom stereocenters. The predicted molar refractivity (Wildman–Crippen MR) is 135 cm³/mol. The molecule has 0 aromatic heterocycles. The molecule has 0 N–H and O–H groups in total. The Morgan fingerprint density at radius 2 is 0.742 bits per heavy atom. The molecule has 11 heteroatoms. The third kappa shape index (κ3) is 9.76. The lowest BCUT2D eigenvalue weighted by Gasteiger charge is -2.42. The van der Waals surface area contributed by atoms with Crippen molar-refractivity contribution in [3.8, 4) is 0 Å². The molecule has 0 aliphatic rings. The van der Waals surface area contributed by atoms with E-state index in [9.17, 15) is 8.42 Å². The summed E-state index contributed by atoms with van der Waals surface area (Å²) >= 11 is 0. The fraction of sp³-hybridized carbons (Fsp3) is 1.00. The molecule has 8 nitrogen and oxygen atoms in total. The van der Waals surface area contributed by atoms with Crippen LogP contribution < -0.4 is 0 Å². The maximum Gasteiger partial charge on any atom is 0.410 e. The topological polar surface area (TPSA) is 65.6 Å². The summed E-state index contributed by atoms with van der Waals surface area (Å²) in [5.41, 5.74) is 0. The zero-order chi connectivity index (χ0) is 24.5. The van der Waals surface area contributed by atoms with E-state index in [0.29, 0.717) is 26.2 Å². The largest absolute Gasteiger partial charge is 0.410 e. The molecule has 0 saturated heterocycles. The van der Waals surface area contributed by atoms with Gasteiger partial charge in [-0.2, -0.15) is 16.4 Å². The van der Waals surface area contributed by atoms with Crippen molar-refractivity contribution in [2.45, 2.75) is 107 Å². The van der Waals surface area contributed by atoms with Crippen molar-refractivity contribution in [1.29, 1.82) is 0 Å². The summed E-state index contributed by atoms with van der Waals surface area (Å²) in [5, 5.41) is 0. The Bertz CT molecular complexity index is 518. The summed E-state index contributed by atoms with van der Waals surface area (Å²) in [6, 6.07) is 0.579. The molecule has 188 valence electrons. The van der Waals surface area contributed by atoms with Crippen molar-refractivity contribution in [3.05, 3.63) is 0 Å². The van der Waals surface area contributed by atoms with Gasteiger partial charge in [0.05, 0.1) is 0 Å². The molecule has 0 saturated carbocycles. The first-order valence-corrected chi connectivity index (χ1v) is 15.2. The van der Waals surface area contributed by atoms with Crippen LogP contribution in [0, 0.1) is 0 Å². The second-order valence-corrected chi connectivity index (χ2v) is 13.5. The molecular weight excluding hydrogens is 454 g/mol. The molecule has 0 fully saturated rings. The fourth-order valence-electron chi connectivity index (χ4n) is 3.38. The zero-order valence-electron chi connectivity index (χ0n) is 21.9. The molecule has 0 radical (unpaired) electrons. The second-order valence-electron chi connectivity index (χ2n) is 8.46. The highest BCUT2D eigenvalue weighted by Crippen LogP contribution is 2.54. The third-order valence-corrected chi connectivity index (χ3v) is 12.1. The Balaban J connectivity index is 6.12. The monoisotopic (exact) mass is 502 g/mol. The van der Waals surface area contributed by atoms with Crippen molar-refractivity contribution < 1.29 is 16.4 Å². The summed E-state index contributed by atoms with van der Waals surface area (Å²) in [5.74, 6) is 0. The smallest absolute Gasteiger partial charge is 0.244 e. The summed E-state index contributed by atoms with van der Waals surface area (Å²) < 4.78 is 46.8. The highest BCUT2D eigenvalue weighted by Gasteiger charge is 2.39. The van der Waals surface area contributed by atoms with Crippen LogP contribution in [0.25, 0.3) is 0 Å². The molecule has 0 rings (SSSR count). The van der Waals surface area contributed by atoms with Gasteiger partial charge in [-0.25, -0.2) is 18.7 Å². The second kappa shape index (κ2) is 14.7. The molecule has 0 aliphatic carbocycles. The Labute approximate surface area is 195 Å². The highest BCUT2D eigenvalue weighted by molar-refractivity contribution is 7.89. The van der Waals surface area contributed by atoms with Crippen LogP contribution in [0.4, 0.5) is 0 Å². The molecule has 0 heterocycles. The predicted octanol–water partition coefficient (Wildman–Crippen LogP) is 5.64. The Hall–Kier alpha value is 0.570. The van der Waals surface area contributed by atoms with Crippen LogP contribution in [0.1, 0.15) is 83.1 Å². The molecule has 0 amide bonds. The third-order valence-electron chi connectivity index (χ3n) is 4.88. The Morgan fingerprint density at radius 3 is 0.871 bits per heavy atom. The molecule has 0 bridgehead atoms. The highest BCUT2D eigenvalue weighted by atomic mass is 32.3. The van der Waals surface area contributed by atoms with Crippen LogP contribution >= 0.6 is 16.9 Å². The quantitative estimate of drug-likeness (QED) is 0.251. The van der Waals surface area contributed by atoms with E-state index in [-0.39, 0.29) is 24.2 Å². The van der Waals surface area contributed by atoms with Crippen LogP contribution in [-0.2, 0) is 18.3 Å². The van der Waals surface area contributed by atoms with Crippen LogP contribution in [0.2, 0.25) is 0 Å². The van der Waals surface area contributed by atoms with Crippen LogP contribution in [0.5, 0.6) is 0 Å². The summed E-state index contributed by atoms with van der Waals surface area (Å²) in [4.78, 5) is 0. The van der Waals surface area contributed by atoms with Crippen molar-refractivity contribution in [3.63, 3.8) is 0 Å². The van der Waals surface area contributed by atoms with E-state index < -0.39 is 27.3 Å². The van der Waals surface area contributed by atoms with Gasteiger partial charge in [0.25, 0.3) is 0 Å². The van der Waals surface area contributed by atoms with Crippen molar-refractivity contribution in [1.82, 2.24) is 18.7 Å². The van der Waals surface area contributed by atoms with Gasteiger partial charge < -0.3 is 0 Å². The van der Waals surface area contributed by atoms with Crippen molar-refractivity contribution in [2.24, 2.45) is 0 Å². The maximum atomic E-state index is 13.3. The van der Waals surface area contributed by atoms with E-state index in [2.05, 4.69) is 74.1 Å². The van der Waals surface area contributed by atoms with Gasteiger partial charge in [0.2, 0.25) is 16.9 Å². The van der Waals surface area contributed by atoms with E-state index in [1.807, 2.05) is 27.7 Å². The van der Waals surface area contributed by atoms with Gasteiger partial charge in [0.1, 0.15) is 0 Å². The maximum absolute atomic E-state index is 13.3. The van der Waals surface area contributed by atoms with Crippen molar-refractivity contribution >= 4 is 27.3 Å². The molecule has 31 heavy (non-hydrogen) atoms. The van der Waals surface area contributed by atoms with Crippen LogP contribution in [0.15, 0.2) is 0 Å². The normalized spacial score (nSPS) is 13.9. The standard InChI is InChI=1S/C20H48N4O4P2S/c1-13-21(17(5)6)29(22(14-2)18(7)8)27-31(25,26)28-30(23(15-3)19(9)10)24(16-4)20(11)12/h17-20H,13-16H2,1-12H3. The molecule has 0 spiro atoms. The fourth-order valence-corrected chi connectivity index (χ4v) is 9.55. The van der Waals surface area contributed by atoms with E-state index >= 15 is 0 Å². The molecule has 0 atom stereocenters. The van der Waals surface area contributed by atoms with Gasteiger partial charge in [0, 0.05) is 50.3 Å².